The quantitative estimate of drug-likeness (QED) is 0.942. The van der Waals surface area contributed by atoms with Gasteiger partial charge in [-0.1, -0.05) is 17.7 Å². The van der Waals surface area contributed by atoms with E-state index in [2.05, 4.69) is 9.82 Å². The van der Waals surface area contributed by atoms with Gasteiger partial charge in [-0.3, -0.25) is 9.40 Å². The first kappa shape index (κ1) is 13.2. The standard InChI is InChI=1S/C10H10ClF2N3OS/c1-18(17)15-10-9-6(11)3-2-4-7(9)16(14-10)5-8(12)13/h2-4,8H,5H2,1H3,(H,14,15). The number of fused-ring (bicyclic) bond motifs is 1. The summed E-state index contributed by atoms with van der Waals surface area (Å²) in [6.45, 7) is -0.533. The average molecular weight is 294 g/mol. The highest BCUT2D eigenvalue weighted by atomic mass is 35.5. The van der Waals surface area contributed by atoms with Gasteiger partial charge >= 0.3 is 0 Å². The predicted molar refractivity (Wildman–Crippen MR) is 68.4 cm³/mol. The van der Waals surface area contributed by atoms with Crippen molar-refractivity contribution in [3.8, 4) is 0 Å². The third-order valence-electron chi connectivity index (χ3n) is 2.28. The zero-order valence-corrected chi connectivity index (χ0v) is 10.9. The van der Waals surface area contributed by atoms with E-state index in [0.29, 0.717) is 15.9 Å². The first-order valence-electron chi connectivity index (χ1n) is 5.02. The Morgan fingerprint density at radius 1 is 1.56 bits per heavy atom. The molecule has 0 bridgehead atoms. The van der Waals surface area contributed by atoms with Gasteiger partial charge < -0.3 is 0 Å². The molecule has 1 atom stereocenters. The van der Waals surface area contributed by atoms with Crippen LogP contribution in [0.3, 0.4) is 0 Å². The lowest BCUT2D eigenvalue weighted by Gasteiger charge is -2.01. The molecule has 0 amide bonds. The maximum atomic E-state index is 12.4. The Labute approximate surface area is 110 Å². The van der Waals surface area contributed by atoms with Crippen molar-refractivity contribution < 1.29 is 13.0 Å². The Bertz CT molecular complexity index is 602. The minimum absolute atomic E-state index is 0.247. The fourth-order valence-corrected chi connectivity index (χ4v) is 2.34. The average Bonchev–Trinajstić information content (AvgIpc) is 2.56. The molecule has 0 aliphatic heterocycles. The van der Waals surface area contributed by atoms with Gasteiger partial charge in [-0.15, -0.1) is 0 Å². The summed E-state index contributed by atoms with van der Waals surface area (Å²) >= 11 is 6.02. The van der Waals surface area contributed by atoms with Crippen LogP contribution in [0.2, 0.25) is 5.02 Å². The normalized spacial score (nSPS) is 13.2. The fourth-order valence-electron chi connectivity index (χ4n) is 1.66. The van der Waals surface area contributed by atoms with E-state index in [9.17, 15) is 13.0 Å². The summed E-state index contributed by atoms with van der Waals surface area (Å²) in [6.07, 6.45) is -1.10. The van der Waals surface area contributed by atoms with Gasteiger partial charge in [0.2, 0.25) is 0 Å². The number of alkyl halides is 2. The van der Waals surface area contributed by atoms with Crippen LogP contribution in [0.15, 0.2) is 18.2 Å². The molecule has 98 valence electrons. The Morgan fingerprint density at radius 3 is 2.89 bits per heavy atom. The maximum Gasteiger partial charge on any atom is 0.257 e. The number of hydrogen-bond acceptors (Lipinski definition) is 2. The van der Waals surface area contributed by atoms with Gasteiger partial charge in [0.05, 0.1) is 15.9 Å². The molecule has 0 saturated heterocycles. The Hall–Kier alpha value is -1.21. The number of anilines is 1. The van der Waals surface area contributed by atoms with E-state index in [0.717, 1.165) is 4.68 Å². The van der Waals surface area contributed by atoms with Crippen LogP contribution in [0.5, 0.6) is 0 Å². The van der Waals surface area contributed by atoms with E-state index in [1.165, 1.54) is 6.26 Å². The SMILES string of the molecule is CS(=O)Nc1nn(CC(F)F)c2cccc(Cl)c12. The van der Waals surface area contributed by atoms with Crippen molar-refractivity contribution in [2.24, 2.45) is 0 Å². The molecule has 2 rings (SSSR count). The first-order chi connectivity index (χ1) is 8.49. The lowest BCUT2D eigenvalue weighted by atomic mass is 10.2. The van der Waals surface area contributed by atoms with Crippen molar-refractivity contribution in [1.82, 2.24) is 9.78 Å². The fraction of sp³-hybridized carbons (Fsp3) is 0.300. The summed E-state index contributed by atoms with van der Waals surface area (Å²) in [5.41, 5.74) is 0.482. The molecule has 0 spiro atoms. The first-order valence-corrected chi connectivity index (χ1v) is 6.96. The van der Waals surface area contributed by atoms with Crippen LogP contribution >= 0.6 is 11.6 Å². The van der Waals surface area contributed by atoms with Gasteiger partial charge in [-0.2, -0.15) is 5.10 Å². The van der Waals surface area contributed by atoms with Gasteiger partial charge in [0.25, 0.3) is 6.43 Å². The van der Waals surface area contributed by atoms with Crippen LogP contribution in [0.4, 0.5) is 14.6 Å². The summed E-state index contributed by atoms with van der Waals surface area (Å²) in [7, 11) is -1.35. The molecule has 0 fully saturated rings. The van der Waals surface area contributed by atoms with Crippen molar-refractivity contribution in [3.63, 3.8) is 0 Å². The smallest absolute Gasteiger partial charge is 0.257 e. The molecule has 0 aliphatic carbocycles. The summed E-state index contributed by atoms with van der Waals surface area (Å²) in [5.74, 6) is 0.247. The lowest BCUT2D eigenvalue weighted by Crippen LogP contribution is -2.09. The van der Waals surface area contributed by atoms with Crippen LogP contribution < -0.4 is 4.72 Å². The second-order valence-corrected chi connectivity index (χ2v) is 5.13. The van der Waals surface area contributed by atoms with Crippen LogP contribution in [0.25, 0.3) is 10.9 Å². The van der Waals surface area contributed by atoms with Crippen molar-refractivity contribution in [2.45, 2.75) is 13.0 Å². The molecule has 8 heteroatoms. The Kier molecular flexibility index (Phi) is 3.82. The third kappa shape index (κ3) is 2.62. The molecule has 0 radical (unpaired) electrons. The zero-order valence-electron chi connectivity index (χ0n) is 9.36. The lowest BCUT2D eigenvalue weighted by molar-refractivity contribution is 0.123. The molecule has 1 aromatic heterocycles. The molecule has 1 heterocycles. The molecule has 4 nitrogen and oxygen atoms in total. The zero-order chi connectivity index (χ0) is 13.3. The van der Waals surface area contributed by atoms with E-state index >= 15 is 0 Å². The van der Waals surface area contributed by atoms with Crippen LogP contribution in [-0.4, -0.2) is 26.7 Å². The van der Waals surface area contributed by atoms with E-state index in [-0.39, 0.29) is 5.82 Å². The Morgan fingerprint density at radius 2 is 2.28 bits per heavy atom. The molecule has 1 unspecified atom stereocenters. The number of nitrogens with zero attached hydrogens (tertiary/aromatic N) is 2. The van der Waals surface area contributed by atoms with Crippen molar-refractivity contribution >= 4 is 39.3 Å². The predicted octanol–water partition coefficient (Wildman–Crippen LogP) is 2.66. The number of aromatic nitrogens is 2. The van der Waals surface area contributed by atoms with Crippen molar-refractivity contribution in [1.29, 1.82) is 0 Å². The van der Waals surface area contributed by atoms with Gasteiger partial charge in [-0.25, -0.2) is 13.0 Å². The highest BCUT2D eigenvalue weighted by Gasteiger charge is 2.16. The number of hydrogen-bond donors (Lipinski definition) is 1. The Balaban J connectivity index is 2.59. The van der Waals surface area contributed by atoms with Crippen molar-refractivity contribution in [3.05, 3.63) is 23.2 Å². The molecule has 1 aromatic carbocycles. The molecule has 0 saturated carbocycles. The van der Waals surface area contributed by atoms with Crippen LogP contribution in [0, 0.1) is 0 Å². The molecule has 0 aliphatic rings. The third-order valence-corrected chi connectivity index (χ3v) is 3.07. The highest BCUT2D eigenvalue weighted by Crippen LogP contribution is 2.30. The van der Waals surface area contributed by atoms with E-state index in [1.807, 2.05) is 0 Å². The number of benzene rings is 1. The number of rotatable bonds is 4. The van der Waals surface area contributed by atoms with Crippen LogP contribution in [-0.2, 0) is 17.5 Å². The minimum Gasteiger partial charge on any atom is -0.288 e. The van der Waals surface area contributed by atoms with E-state index in [1.54, 1.807) is 18.2 Å². The summed E-state index contributed by atoms with van der Waals surface area (Å²) in [6, 6.07) is 4.92. The second kappa shape index (κ2) is 5.19. The maximum absolute atomic E-state index is 12.4. The molecule has 2 aromatic rings. The second-order valence-electron chi connectivity index (χ2n) is 3.61. The summed E-state index contributed by atoms with van der Waals surface area (Å²) < 4.78 is 39.8. The molecular formula is C10H10ClF2N3OS. The number of nitrogens with one attached hydrogen (secondary N) is 1. The monoisotopic (exact) mass is 293 g/mol. The van der Waals surface area contributed by atoms with Gasteiger partial charge in [0, 0.05) is 6.26 Å². The van der Waals surface area contributed by atoms with Gasteiger partial charge in [0.15, 0.2) is 5.82 Å². The molecular weight excluding hydrogens is 284 g/mol. The van der Waals surface area contributed by atoms with E-state index in [4.69, 9.17) is 11.6 Å². The number of halogens is 3. The largest absolute Gasteiger partial charge is 0.288 e. The van der Waals surface area contributed by atoms with Gasteiger partial charge in [-0.05, 0) is 12.1 Å². The van der Waals surface area contributed by atoms with Crippen LogP contribution in [0.1, 0.15) is 0 Å². The topological polar surface area (TPSA) is 46.9 Å². The van der Waals surface area contributed by atoms with E-state index < -0.39 is 24.0 Å². The molecule has 18 heavy (non-hydrogen) atoms. The van der Waals surface area contributed by atoms with Crippen molar-refractivity contribution in [2.75, 3.05) is 11.0 Å². The molecule has 1 N–H and O–H groups in total. The minimum atomic E-state index is -2.52. The highest BCUT2D eigenvalue weighted by molar-refractivity contribution is 7.85. The van der Waals surface area contributed by atoms with Gasteiger partial charge in [0.1, 0.15) is 17.5 Å². The summed E-state index contributed by atoms with van der Waals surface area (Å²) in [4.78, 5) is 0. The summed E-state index contributed by atoms with van der Waals surface area (Å²) in [5, 5.41) is 4.85.